The Labute approximate surface area is 118 Å². The van der Waals surface area contributed by atoms with Crippen molar-refractivity contribution in [1.29, 1.82) is 0 Å². The molecule has 0 saturated heterocycles. The maximum atomic E-state index is 11.8. The van der Waals surface area contributed by atoms with Crippen molar-refractivity contribution in [3.8, 4) is 5.75 Å². The van der Waals surface area contributed by atoms with Gasteiger partial charge in [0, 0.05) is 18.0 Å². The molecule has 1 atom stereocenters. The molecule has 1 rings (SSSR count). The zero-order valence-corrected chi connectivity index (χ0v) is 11.8. The standard InChI is InChI=1S/C14H21N3O3/c1-9(15)4-3-5-13(18)17-11-8-10(14(16)19)6-7-12(11)20-2/h6-9H,3-5,15H2,1-2H3,(H2,16,19)(H,17,18). The van der Waals surface area contributed by atoms with E-state index < -0.39 is 5.91 Å². The Hall–Kier alpha value is -2.08. The molecule has 0 saturated carbocycles. The second-order valence-electron chi connectivity index (χ2n) is 4.70. The van der Waals surface area contributed by atoms with Crippen LogP contribution in [-0.2, 0) is 4.79 Å². The first-order valence-corrected chi connectivity index (χ1v) is 6.47. The highest BCUT2D eigenvalue weighted by atomic mass is 16.5. The van der Waals surface area contributed by atoms with E-state index in [-0.39, 0.29) is 11.9 Å². The van der Waals surface area contributed by atoms with E-state index in [9.17, 15) is 9.59 Å². The minimum absolute atomic E-state index is 0.0792. The van der Waals surface area contributed by atoms with Gasteiger partial charge in [-0.3, -0.25) is 9.59 Å². The number of ether oxygens (including phenoxy) is 1. The summed E-state index contributed by atoms with van der Waals surface area (Å²) in [6.07, 6.45) is 1.86. The molecule has 0 aliphatic rings. The molecule has 1 aromatic carbocycles. The summed E-state index contributed by atoms with van der Waals surface area (Å²) in [5, 5.41) is 2.72. The van der Waals surface area contributed by atoms with Crippen LogP contribution in [0.15, 0.2) is 18.2 Å². The number of anilines is 1. The first-order valence-electron chi connectivity index (χ1n) is 6.47. The molecular weight excluding hydrogens is 258 g/mol. The highest BCUT2D eigenvalue weighted by Gasteiger charge is 2.11. The van der Waals surface area contributed by atoms with Gasteiger partial charge in [-0.15, -0.1) is 0 Å². The molecule has 0 radical (unpaired) electrons. The normalized spacial score (nSPS) is 11.8. The number of amides is 2. The monoisotopic (exact) mass is 279 g/mol. The summed E-state index contributed by atoms with van der Waals surface area (Å²) in [7, 11) is 1.49. The SMILES string of the molecule is COc1ccc(C(N)=O)cc1NC(=O)CCCC(C)N. The Morgan fingerprint density at radius 1 is 1.40 bits per heavy atom. The van der Waals surface area contributed by atoms with E-state index in [4.69, 9.17) is 16.2 Å². The van der Waals surface area contributed by atoms with E-state index in [2.05, 4.69) is 5.32 Å². The fourth-order valence-corrected chi connectivity index (χ4v) is 1.76. The molecule has 2 amide bonds. The predicted octanol–water partition coefficient (Wildman–Crippen LogP) is 1.25. The lowest BCUT2D eigenvalue weighted by molar-refractivity contribution is -0.116. The molecule has 20 heavy (non-hydrogen) atoms. The van der Waals surface area contributed by atoms with Crippen molar-refractivity contribution in [2.45, 2.75) is 32.2 Å². The minimum atomic E-state index is -0.555. The number of nitrogens with one attached hydrogen (secondary N) is 1. The van der Waals surface area contributed by atoms with Crippen molar-refractivity contribution in [3.63, 3.8) is 0 Å². The van der Waals surface area contributed by atoms with Gasteiger partial charge in [0.1, 0.15) is 5.75 Å². The highest BCUT2D eigenvalue weighted by Crippen LogP contribution is 2.25. The quantitative estimate of drug-likeness (QED) is 0.698. The fraction of sp³-hybridized carbons (Fsp3) is 0.429. The largest absolute Gasteiger partial charge is 0.495 e. The summed E-state index contributed by atoms with van der Waals surface area (Å²) in [4.78, 5) is 23.0. The number of carbonyl (C=O) groups is 2. The molecule has 0 bridgehead atoms. The van der Waals surface area contributed by atoms with Crippen molar-refractivity contribution in [2.24, 2.45) is 11.5 Å². The second-order valence-corrected chi connectivity index (χ2v) is 4.70. The molecule has 0 heterocycles. The van der Waals surface area contributed by atoms with Gasteiger partial charge in [0.05, 0.1) is 12.8 Å². The third-order valence-corrected chi connectivity index (χ3v) is 2.82. The van der Waals surface area contributed by atoms with Crippen molar-refractivity contribution in [2.75, 3.05) is 12.4 Å². The van der Waals surface area contributed by atoms with Crippen LogP contribution in [0.4, 0.5) is 5.69 Å². The van der Waals surface area contributed by atoms with Crippen LogP contribution < -0.4 is 21.5 Å². The van der Waals surface area contributed by atoms with Gasteiger partial charge in [-0.1, -0.05) is 0 Å². The van der Waals surface area contributed by atoms with E-state index in [1.165, 1.54) is 13.2 Å². The van der Waals surface area contributed by atoms with E-state index in [1.807, 2.05) is 6.92 Å². The van der Waals surface area contributed by atoms with E-state index in [1.54, 1.807) is 12.1 Å². The summed E-state index contributed by atoms with van der Waals surface area (Å²) in [5.41, 5.74) is 11.6. The van der Waals surface area contributed by atoms with Crippen molar-refractivity contribution in [3.05, 3.63) is 23.8 Å². The van der Waals surface area contributed by atoms with Gasteiger partial charge in [-0.05, 0) is 38.0 Å². The maximum absolute atomic E-state index is 11.8. The Bertz CT molecular complexity index is 487. The Morgan fingerprint density at radius 2 is 2.10 bits per heavy atom. The average molecular weight is 279 g/mol. The smallest absolute Gasteiger partial charge is 0.248 e. The number of hydrogen-bond donors (Lipinski definition) is 3. The van der Waals surface area contributed by atoms with Crippen molar-refractivity contribution < 1.29 is 14.3 Å². The predicted molar refractivity (Wildman–Crippen MR) is 77.6 cm³/mol. The number of primary amides is 1. The van der Waals surface area contributed by atoms with Crippen LogP contribution in [0, 0.1) is 0 Å². The number of rotatable bonds is 7. The maximum Gasteiger partial charge on any atom is 0.248 e. The summed E-state index contributed by atoms with van der Waals surface area (Å²) < 4.78 is 5.14. The fourth-order valence-electron chi connectivity index (χ4n) is 1.76. The van der Waals surface area contributed by atoms with Gasteiger partial charge >= 0.3 is 0 Å². The van der Waals surface area contributed by atoms with Gasteiger partial charge in [0.15, 0.2) is 0 Å². The first-order chi connectivity index (χ1) is 9.43. The third kappa shape index (κ3) is 4.89. The van der Waals surface area contributed by atoms with Crippen molar-refractivity contribution in [1.82, 2.24) is 0 Å². The number of carbonyl (C=O) groups excluding carboxylic acids is 2. The van der Waals surface area contributed by atoms with E-state index in [0.29, 0.717) is 29.8 Å². The molecule has 0 fully saturated rings. The summed E-state index contributed by atoms with van der Waals surface area (Å²) in [6.45, 7) is 1.90. The zero-order chi connectivity index (χ0) is 15.1. The molecule has 5 N–H and O–H groups in total. The van der Waals surface area contributed by atoms with Crippen LogP contribution >= 0.6 is 0 Å². The van der Waals surface area contributed by atoms with Crippen LogP contribution in [0.2, 0.25) is 0 Å². The summed E-state index contributed by atoms with van der Waals surface area (Å²) in [6, 6.07) is 4.73. The second kappa shape index (κ2) is 7.49. The number of benzene rings is 1. The van der Waals surface area contributed by atoms with E-state index in [0.717, 1.165) is 6.42 Å². The molecule has 0 aliphatic heterocycles. The summed E-state index contributed by atoms with van der Waals surface area (Å²) in [5.74, 6) is -0.221. The molecule has 0 aliphatic carbocycles. The van der Waals surface area contributed by atoms with E-state index >= 15 is 0 Å². The van der Waals surface area contributed by atoms with Gasteiger partial charge in [-0.2, -0.15) is 0 Å². The Morgan fingerprint density at radius 3 is 2.65 bits per heavy atom. The lowest BCUT2D eigenvalue weighted by atomic mass is 10.1. The number of hydrogen-bond acceptors (Lipinski definition) is 4. The van der Waals surface area contributed by atoms with Crippen LogP contribution in [0.5, 0.6) is 5.75 Å². The third-order valence-electron chi connectivity index (χ3n) is 2.82. The van der Waals surface area contributed by atoms with Gasteiger partial charge in [0.25, 0.3) is 0 Å². The van der Waals surface area contributed by atoms with Crippen LogP contribution in [0.25, 0.3) is 0 Å². The van der Waals surface area contributed by atoms with Crippen molar-refractivity contribution >= 4 is 17.5 Å². The van der Waals surface area contributed by atoms with Crippen LogP contribution in [0.3, 0.4) is 0 Å². The topological polar surface area (TPSA) is 107 Å². The number of nitrogens with two attached hydrogens (primary N) is 2. The molecular formula is C14H21N3O3. The zero-order valence-electron chi connectivity index (χ0n) is 11.8. The van der Waals surface area contributed by atoms with Gasteiger partial charge in [0.2, 0.25) is 11.8 Å². The molecule has 1 aromatic rings. The lowest BCUT2D eigenvalue weighted by Crippen LogP contribution is -2.17. The number of methoxy groups -OCH3 is 1. The minimum Gasteiger partial charge on any atom is -0.495 e. The lowest BCUT2D eigenvalue weighted by Gasteiger charge is -2.11. The van der Waals surface area contributed by atoms with Gasteiger partial charge in [-0.25, -0.2) is 0 Å². The van der Waals surface area contributed by atoms with Crippen LogP contribution in [-0.4, -0.2) is 25.0 Å². The molecule has 1 unspecified atom stereocenters. The Balaban J connectivity index is 2.71. The molecule has 6 nitrogen and oxygen atoms in total. The van der Waals surface area contributed by atoms with Crippen LogP contribution in [0.1, 0.15) is 36.5 Å². The van der Waals surface area contributed by atoms with Gasteiger partial charge < -0.3 is 21.5 Å². The molecule has 110 valence electrons. The molecule has 0 aromatic heterocycles. The summed E-state index contributed by atoms with van der Waals surface area (Å²) >= 11 is 0. The first kappa shape index (κ1) is 16.0. The molecule has 0 spiro atoms. The molecule has 6 heteroatoms. The highest BCUT2D eigenvalue weighted by molar-refractivity contribution is 5.97. The average Bonchev–Trinajstić information content (AvgIpc) is 2.38. The Kier molecular flexibility index (Phi) is 5.99.